The van der Waals surface area contributed by atoms with E-state index in [1.54, 1.807) is 0 Å². The first-order chi connectivity index (χ1) is 9.25. The fourth-order valence-corrected chi connectivity index (χ4v) is 2.61. The van der Waals surface area contributed by atoms with Gasteiger partial charge >= 0.3 is 0 Å². The van der Waals surface area contributed by atoms with Gasteiger partial charge in [0.25, 0.3) is 0 Å². The first-order valence-electron chi connectivity index (χ1n) is 6.70. The molecule has 2 aromatic rings. The third kappa shape index (κ3) is 2.26. The zero-order valence-electron chi connectivity index (χ0n) is 11.0. The second-order valence-electron chi connectivity index (χ2n) is 5.09. The van der Waals surface area contributed by atoms with Crippen molar-refractivity contribution in [3.05, 3.63) is 59.8 Å². The highest BCUT2D eigenvalue weighted by Gasteiger charge is 2.21. The van der Waals surface area contributed by atoms with E-state index in [4.69, 9.17) is 0 Å². The predicted octanol–water partition coefficient (Wildman–Crippen LogP) is 3.60. The number of rotatable bonds is 2. The lowest BCUT2D eigenvalue weighted by Gasteiger charge is -2.19. The van der Waals surface area contributed by atoms with Gasteiger partial charge in [0.05, 0.1) is 6.04 Å². The molecule has 0 spiro atoms. The van der Waals surface area contributed by atoms with E-state index < -0.39 is 0 Å². The Morgan fingerprint density at radius 3 is 2.95 bits per heavy atom. The Morgan fingerprint density at radius 2 is 2.16 bits per heavy atom. The largest absolute Gasteiger partial charge is 0.381 e. The van der Waals surface area contributed by atoms with E-state index in [0.717, 1.165) is 29.2 Å². The molecule has 0 aromatic heterocycles. The molecule has 1 aliphatic heterocycles. The van der Waals surface area contributed by atoms with Gasteiger partial charge in [-0.3, -0.25) is 4.79 Å². The number of carbonyl (C=O) groups excluding carboxylic acids is 1. The van der Waals surface area contributed by atoms with Crippen LogP contribution in [0.25, 0.3) is 10.8 Å². The zero-order chi connectivity index (χ0) is 13.2. The first-order valence-corrected chi connectivity index (χ1v) is 6.70. The average Bonchev–Trinajstić information content (AvgIpc) is 2.47. The summed E-state index contributed by atoms with van der Waals surface area (Å²) < 4.78 is 0. The molecule has 1 unspecified atom stereocenters. The van der Waals surface area contributed by atoms with Gasteiger partial charge in [0, 0.05) is 5.56 Å². The quantitative estimate of drug-likeness (QED) is 0.826. The van der Waals surface area contributed by atoms with Crippen molar-refractivity contribution in [1.82, 2.24) is 5.32 Å². The molecule has 0 aliphatic carbocycles. The number of Topliss-reactive ketones (excluding diaryl/α,β-unsaturated/α-hetero) is 1. The third-order valence-electron chi connectivity index (χ3n) is 3.66. The molecule has 1 aliphatic rings. The van der Waals surface area contributed by atoms with Gasteiger partial charge in [-0.15, -0.1) is 0 Å². The molecule has 1 atom stereocenters. The van der Waals surface area contributed by atoms with E-state index in [-0.39, 0.29) is 11.8 Å². The molecule has 0 saturated carbocycles. The highest BCUT2D eigenvalue weighted by Crippen LogP contribution is 2.23. The maximum Gasteiger partial charge on any atom is 0.185 e. The maximum absolute atomic E-state index is 12.6. The minimum Gasteiger partial charge on any atom is -0.381 e. The number of hydrogen-bond acceptors (Lipinski definition) is 2. The van der Waals surface area contributed by atoms with Crippen molar-refractivity contribution >= 4 is 16.6 Å². The molecule has 2 aromatic carbocycles. The maximum atomic E-state index is 12.6. The first kappa shape index (κ1) is 12.0. The Labute approximate surface area is 113 Å². The van der Waals surface area contributed by atoms with Gasteiger partial charge in [-0.2, -0.15) is 0 Å². The van der Waals surface area contributed by atoms with Crippen molar-refractivity contribution in [3.8, 4) is 0 Å². The minimum absolute atomic E-state index is 0.0869. The monoisotopic (exact) mass is 251 g/mol. The van der Waals surface area contributed by atoms with Crippen molar-refractivity contribution in [2.75, 3.05) is 0 Å². The number of aryl methyl sites for hydroxylation is 1. The second-order valence-corrected chi connectivity index (χ2v) is 5.09. The van der Waals surface area contributed by atoms with E-state index in [1.165, 1.54) is 5.56 Å². The van der Waals surface area contributed by atoms with Crippen LogP contribution in [0, 0.1) is 6.92 Å². The number of benzene rings is 2. The van der Waals surface area contributed by atoms with Crippen LogP contribution < -0.4 is 5.32 Å². The lowest BCUT2D eigenvalue weighted by molar-refractivity contribution is 0.0945. The summed E-state index contributed by atoms with van der Waals surface area (Å²) in [4.78, 5) is 12.6. The van der Waals surface area contributed by atoms with Crippen LogP contribution in [0.3, 0.4) is 0 Å². The van der Waals surface area contributed by atoms with Crippen LogP contribution in [0.5, 0.6) is 0 Å². The molecule has 0 fully saturated rings. The highest BCUT2D eigenvalue weighted by molar-refractivity contribution is 6.10. The van der Waals surface area contributed by atoms with Crippen LogP contribution in [0.1, 0.15) is 28.8 Å². The molecular weight excluding hydrogens is 234 g/mol. The van der Waals surface area contributed by atoms with Crippen LogP contribution in [0.4, 0.5) is 0 Å². The van der Waals surface area contributed by atoms with Gasteiger partial charge in [-0.25, -0.2) is 0 Å². The number of hydrogen-bond donors (Lipinski definition) is 1. The van der Waals surface area contributed by atoms with Crippen molar-refractivity contribution < 1.29 is 4.79 Å². The van der Waals surface area contributed by atoms with Gasteiger partial charge in [0.15, 0.2) is 5.78 Å². The summed E-state index contributed by atoms with van der Waals surface area (Å²) in [5.41, 5.74) is 2.01. The van der Waals surface area contributed by atoms with Crippen LogP contribution >= 0.6 is 0 Å². The molecule has 19 heavy (non-hydrogen) atoms. The molecule has 0 amide bonds. The Kier molecular flexibility index (Phi) is 3.08. The molecule has 0 saturated heterocycles. The fourth-order valence-electron chi connectivity index (χ4n) is 2.61. The Bertz CT molecular complexity index is 657. The smallest absolute Gasteiger partial charge is 0.185 e. The van der Waals surface area contributed by atoms with Crippen LogP contribution in [-0.2, 0) is 0 Å². The van der Waals surface area contributed by atoms with Gasteiger partial charge < -0.3 is 5.32 Å². The molecule has 1 N–H and O–H groups in total. The van der Waals surface area contributed by atoms with E-state index >= 15 is 0 Å². The fraction of sp³-hybridized carbons (Fsp3) is 0.235. The van der Waals surface area contributed by atoms with Gasteiger partial charge in [0.1, 0.15) is 0 Å². The summed E-state index contributed by atoms with van der Waals surface area (Å²) >= 11 is 0. The van der Waals surface area contributed by atoms with Gasteiger partial charge in [-0.1, -0.05) is 48.0 Å². The summed E-state index contributed by atoms with van der Waals surface area (Å²) in [6.45, 7) is 2.06. The number of nitrogens with one attached hydrogen (secondary N) is 1. The van der Waals surface area contributed by atoms with Crippen molar-refractivity contribution in [2.24, 2.45) is 0 Å². The van der Waals surface area contributed by atoms with Crippen molar-refractivity contribution in [2.45, 2.75) is 25.8 Å². The molecule has 1 heterocycles. The molecule has 96 valence electrons. The lowest BCUT2D eigenvalue weighted by Crippen LogP contribution is -2.35. The van der Waals surface area contributed by atoms with Gasteiger partial charge in [0.2, 0.25) is 0 Å². The number of fused-ring (bicyclic) bond motifs is 1. The Hall–Kier alpha value is -2.09. The number of ketones is 1. The molecule has 2 nitrogen and oxygen atoms in total. The minimum atomic E-state index is -0.0869. The molecule has 3 rings (SSSR count). The lowest BCUT2D eigenvalue weighted by atomic mass is 9.93. The number of carbonyl (C=O) groups is 1. The Balaban J connectivity index is 2.06. The summed E-state index contributed by atoms with van der Waals surface area (Å²) in [5, 5.41) is 5.35. The van der Waals surface area contributed by atoms with Crippen LogP contribution in [-0.4, -0.2) is 11.8 Å². The second kappa shape index (κ2) is 4.88. The highest BCUT2D eigenvalue weighted by atomic mass is 16.1. The van der Waals surface area contributed by atoms with Gasteiger partial charge in [-0.05, 0) is 36.7 Å². The van der Waals surface area contributed by atoms with E-state index in [2.05, 4.69) is 42.6 Å². The summed E-state index contributed by atoms with van der Waals surface area (Å²) in [6, 6.07) is 12.1. The molecule has 0 bridgehead atoms. The number of allylic oxidation sites excluding steroid dienone is 1. The molecule has 2 heteroatoms. The SMILES string of the molecule is Cc1ccc2cccc(C(=O)C3CCC=CN3)c2c1. The standard InChI is InChI=1S/C17H17NO/c1-12-8-9-13-5-4-6-14(15(13)11-12)17(19)16-7-2-3-10-18-16/h3-6,8-11,16,18H,2,7H2,1H3. The molecule has 0 radical (unpaired) electrons. The normalized spacial score (nSPS) is 18.3. The van der Waals surface area contributed by atoms with E-state index in [0.29, 0.717) is 0 Å². The predicted molar refractivity (Wildman–Crippen MR) is 78.3 cm³/mol. The van der Waals surface area contributed by atoms with Crippen LogP contribution in [0.15, 0.2) is 48.7 Å². The topological polar surface area (TPSA) is 29.1 Å². The Morgan fingerprint density at radius 1 is 1.26 bits per heavy atom. The van der Waals surface area contributed by atoms with Crippen molar-refractivity contribution in [1.29, 1.82) is 0 Å². The van der Waals surface area contributed by atoms with E-state index in [9.17, 15) is 4.79 Å². The third-order valence-corrected chi connectivity index (χ3v) is 3.66. The summed E-state index contributed by atoms with van der Waals surface area (Å²) in [6.07, 6.45) is 5.80. The van der Waals surface area contributed by atoms with Crippen LogP contribution in [0.2, 0.25) is 0 Å². The van der Waals surface area contributed by atoms with Crippen molar-refractivity contribution in [3.63, 3.8) is 0 Å². The van der Waals surface area contributed by atoms with E-state index in [1.807, 2.05) is 18.3 Å². The average molecular weight is 251 g/mol. The zero-order valence-corrected chi connectivity index (χ0v) is 11.0. The molecular formula is C17H17NO. The summed E-state index contributed by atoms with van der Waals surface area (Å²) in [7, 11) is 0. The summed E-state index contributed by atoms with van der Waals surface area (Å²) in [5.74, 6) is 0.195.